The fourth-order valence-electron chi connectivity index (χ4n) is 2.63. The second-order valence-corrected chi connectivity index (χ2v) is 6.22. The van der Waals surface area contributed by atoms with E-state index in [0.29, 0.717) is 29.7 Å². The topological polar surface area (TPSA) is 64.0 Å². The van der Waals surface area contributed by atoms with E-state index in [1.807, 2.05) is 6.07 Å². The van der Waals surface area contributed by atoms with Crippen molar-refractivity contribution in [3.05, 3.63) is 33.8 Å². The highest BCUT2D eigenvalue weighted by Crippen LogP contribution is 2.24. The van der Waals surface area contributed by atoms with Gasteiger partial charge in [-0.1, -0.05) is 29.3 Å². The number of carboxylic acids is 1. The molecule has 1 unspecified atom stereocenters. The van der Waals surface area contributed by atoms with Gasteiger partial charge in [0.05, 0.1) is 12.6 Å². The highest BCUT2D eigenvalue weighted by molar-refractivity contribution is 6.35. The van der Waals surface area contributed by atoms with Crippen molar-refractivity contribution in [2.75, 3.05) is 26.7 Å². The Kier molecular flexibility index (Phi) is 7.38. The lowest BCUT2D eigenvalue weighted by atomic mass is 10.2. The number of carboxylic acid groups (broad SMARTS) is 1. The molecule has 1 saturated heterocycles. The molecule has 5 nitrogen and oxygen atoms in total. The van der Waals surface area contributed by atoms with Gasteiger partial charge in [-0.15, -0.1) is 12.4 Å². The number of aliphatic carboxylic acids is 1. The zero-order valence-corrected chi connectivity index (χ0v) is 14.4. The van der Waals surface area contributed by atoms with E-state index < -0.39 is 12.1 Å². The maximum absolute atomic E-state index is 10.8. The van der Waals surface area contributed by atoms with E-state index in [1.165, 1.54) is 0 Å². The molecule has 1 aromatic carbocycles. The van der Waals surface area contributed by atoms with Crippen molar-refractivity contribution in [2.24, 2.45) is 0 Å². The van der Waals surface area contributed by atoms with Gasteiger partial charge in [0, 0.05) is 35.7 Å². The Morgan fingerprint density at radius 3 is 2.68 bits per heavy atom. The molecule has 0 aliphatic carbocycles. The molecule has 1 heterocycles. The summed E-state index contributed by atoms with van der Waals surface area (Å²) in [5, 5.41) is 20.1. The van der Waals surface area contributed by atoms with E-state index in [9.17, 15) is 9.90 Å². The van der Waals surface area contributed by atoms with E-state index in [-0.39, 0.29) is 25.0 Å². The van der Waals surface area contributed by atoms with Crippen molar-refractivity contribution >= 4 is 41.6 Å². The molecule has 1 aliphatic rings. The van der Waals surface area contributed by atoms with Gasteiger partial charge in [-0.3, -0.25) is 14.6 Å². The molecule has 1 aromatic rings. The van der Waals surface area contributed by atoms with Crippen molar-refractivity contribution in [1.82, 2.24) is 9.80 Å². The maximum atomic E-state index is 10.8. The Balaban J connectivity index is 0.00000242. The van der Waals surface area contributed by atoms with Gasteiger partial charge in [0.15, 0.2) is 0 Å². The van der Waals surface area contributed by atoms with Gasteiger partial charge in [0.1, 0.15) is 0 Å². The lowest BCUT2D eigenvalue weighted by Gasteiger charge is -2.24. The molecule has 1 fully saturated rings. The molecule has 124 valence electrons. The molecular weight excluding hydrogens is 351 g/mol. The largest absolute Gasteiger partial charge is 0.480 e. The van der Waals surface area contributed by atoms with Crippen LogP contribution in [-0.4, -0.2) is 64.8 Å². The molecule has 8 heteroatoms. The van der Waals surface area contributed by atoms with Crippen LogP contribution < -0.4 is 0 Å². The van der Waals surface area contributed by atoms with E-state index in [0.717, 1.165) is 5.56 Å². The third-order valence-corrected chi connectivity index (χ3v) is 4.28. The Hall–Kier alpha value is -0.560. The van der Waals surface area contributed by atoms with Crippen LogP contribution in [0.3, 0.4) is 0 Å². The van der Waals surface area contributed by atoms with Crippen LogP contribution in [0, 0.1) is 0 Å². The van der Waals surface area contributed by atoms with Crippen LogP contribution in [0.5, 0.6) is 0 Å². The molecule has 0 spiro atoms. The number of carbonyl (C=O) groups is 1. The number of likely N-dealkylation sites (N-methyl/N-ethyl adjacent to an activating group) is 1. The van der Waals surface area contributed by atoms with E-state index in [4.69, 9.17) is 28.3 Å². The van der Waals surface area contributed by atoms with Crippen molar-refractivity contribution in [1.29, 1.82) is 0 Å². The minimum Gasteiger partial charge on any atom is -0.480 e. The SMILES string of the molecule is CN(CC(=O)O)C1CN(Cc2ccc(Cl)cc2Cl)C[C@H]1O.Cl. The second-order valence-electron chi connectivity index (χ2n) is 5.37. The predicted molar refractivity (Wildman–Crippen MR) is 89.0 cm³/mol. The summed E-state index contributed by atoms with van der Waals surface area (Å²) >= 11 is 12.0. The summed E-state index contributed by atoms with van der Waals surface area (Å²) in [6.45, 7) is 1.61. The first-order valence-electron chi connectivity index (χ1n) is 6.63. The summed E-state index contributed by atoms with van der Waals surface area (Å²) < 4.78 is 0. The van der Waals surface area contributed by atoms with Crippen LogP contribution in [0.2, 0.25) is 10.0 Å². The molecule has 0 saturated carbocycles. The number of halogens is 3. The highest BCUT2D eigenvalue weighted by atomic mass is 35.5. The molecule has 0 radical (unpaired) electrons. The molecule has 0 amide bonds. The average molecular weight is 370 g/mol. The first-order valence-corrected chi connectivity index (χ1v) is 7.39. The molecule has 2 atom stereocenters. The number of likely N-dealkylation sites (tertiary alicyclic amines) is 1. The minimum atomic E-state index is -0.899. The normalized spacial score (nSPS) is 21.9. The van der Waals surface area contributed by atoms with E-state index >= 15 is 0 Å². The van der Waals surface area contributed by atoms with Crippen LogP contribution >= 0.6 is 35.6 Å². The van der Waals surface area contributed by atoms with Crippen LogP contribution in [0.4, 0.5) is 0 Å². The first-order chi connectivity index (χ1) is 9.86. The van der Waals surface area contributed by atoms with Crippen LogP contribution in [0.25, 0.3) is 0 Å². The Labute approximate surface area is 145 Å². The molecule has 22 heavy (non-hydrogen) atoms. The number of β-amino-alcohol motifs (C(OH)–C–C–N with tert-alkyl or cyclic N) is 1. The van der Waals surface area contributed by atoms with Gasteiger partial charge in [0.25, 0.3) is 0 Å². The van der Waals surface area contributed by atoms with E-state index in [1.54, 1.807) is 24.1 Å². The number of aliphatic hydroxyl groups is 1. The van der Waals surface area contributed by atoms with Gasteiger partial charge < -0.3 is 10.2 Å². The predicted octanol–water partition coefficient (Wildman–Crippen LogP) is 1.98. The highest BCUT2D eigenvalue weighted by Gasteiger charge is 2.34. The van der Waals surface area contributed by atoms with Gasteiger partial charge in [-0.05, 0) is 24.7 Å². The number of benzene rings is 1. The monoisotopic (exact) mass is 368 g/mol. The fraction of sp³-hybridized carbons (Fsp3) is 0.500. The number of nitrogens with zero attached hydrogens (tertiary/aromatic N) is 2. The Morgan fingerprint density at radius 2 is 2.09 bits per heavy atom. The van der Waals surface area contributed by atoms with Crippen molar-refractivity contribution in [2.45, 2.75) is 18.7 Å². The molecule has 0 bridgehead atoms. The van der Waals surface area contributed by atoms with Crippen molar-refractivity contribution < 1.29 is 15.0 Å². The fourth-order valence-corrected chi connectivity index (χ4v) is 3.10. The lowest BCUT2D eigenvalue weighted by molar-refractivity contribution is -0.138. The maximum Gasteiger partial charge on any atom is 0.317 e. The lowest BCUT2D eigenvalue weighted by Crippen LogP contribution is -2.43. The third-order valence-electron chi connectivity index (χ3n) is 3.69. The molecule has 1 aliphatic heterocycles. The number of aliphatic hydroxyl groups excluding tert-OH is 1. The van der Waals surface area contributed by atoms with Gasteiger partial charge in [-0.25, -0.2) is 0 Å². The van der Waals surface area contributed by atoms with Crippen molar-refractivity contribution in [3.8, 4) is 0 Å². The Bertz CT molecular complexity index is 530. The van der Waals surface area contributed by atoms with Crippen LogP contribution in [-0.2, 0) is 11.3 Å². The second kappa shape index (κ2) is 8.34. The number of hydrogen-bond acceptors (Lipinski definition) is 4. The standard InChI is InChI=1S/C14H18Cl2N2O3.ClH/c1-17(8-14(20)21)12-6-18(7-13(12)19)5-9-2-3-10(15)4-11(9)16;/h2-4,12-13,19H,5-8H2,1H3,(H,20,21);1H/t12?,13-;/m1./s1. The summed E-state index contributed by atoms with van der Waals surface area (Å²) in [4.78, 5) is 14.5. The van der Waals surface area contributed by atoms with Gasteiger partial charge in [-0.2, -0.15) is 0 Å². The van der Waals surface area contributed by atoms with Gasteiger partial charge in [0.2, 0.25) is 0 Å². The molecule has 0 aromatic heterocycles. The summed E-state index contributed by atoms with van der Waals surface area (Å²) in [7, 11) is 1.71. The average Bonchev–Trinajstić information content (AvgIpc) is 2.73. The summed E-state index contributed by atoms with van der Waals surface area (Å²) in [6.07, 6.45) is -0.569. The van der Waals surface area contributed by atoms with Crippen LogP contribution in [0.1, 0.15) is 5.56 Å². The third kappa shape index (κ3) is 4.98. The number of hydrogen-bond donors (Lipinski definition) is 2. The summed E-state index contributed by atoms with van der Waals surface area (Å²) in [5.74, 6) is -0.899. The molecule has 2 rings (SSSR count). The van der Waals surface area contributed by atoms with Gasteiger partial charge >= 0.3 is 5.97 Å². The molecule has 2 N–H and O–H groups in total. The smallest absolute Gasteiger partial charge is 0.317 e. The summed E-state index contributed by atoms with van der Waals surface area (Å²) in [5.41, 5.74) is 0.940. The van der Waals surface area contributed by atoms with Crippen LogP contribution in [0.15, 0.2) is 18.2 Å². The zero-order chi connectivity index (χ0) is 15.6. The minimum absolute atomic E-state index is 0. The van der Waals surface area contributed by atoms with E-state index in [2.05, 4.69) is 4.90 Å². The Morgan fingerprint density at radius 1 is 1.41 bits per heavy atom. The number of rotatable bonds is 5. The quantitative estimate of drug-likeness (QED) is 0.831. The molecular formula is C14H19Cl3N2O3. The zero-order valence-electron chi connectivity index (χ0n) is 12.1. The van der Waals surface area contributed by atoms with Crippen molar-refractivity contribution in [3.63, 3.8) is 0 Å². The summed E-state index contributed by atoms with van der Waals surface area (Å²) in [6, 6.07) is 5.15. The first kappa shape index (κ1) is 19.5.